The molecule has 0 spiro atoms. The third-order valence-electron chi connectivity index (χ3n) is 5.72. The van der Waals surface area contributed by atoms with Gasteiger partial charge in [-0.05, 0) is 38.3 Å². The molecular formula is C22H31N7O2. The van der Waals surface area contributed by atoms with Crippen molar-refractivity contribution in [3.8, 4) is 5.82 Å². The highest BCUT2D eigenvalue weighted by Gasteiger charge is 2.30. The first-order valence-corrected chi connectivity index (χ1v) is 11.0. The fourth-order valence-corrected chi connectivity index (χ4v) is 3.98. The van der Waals surface area contributed by atoms with Crippen LogP contribution in [-0.2, 0) is 16.1 Å². The summed E-state index contributed by atoms with van der Waals surface area (Å²) in [7, 11) is 0. The minimum Gasteiger partial charge on any atom is -0.368 e. The standard InChI is InChI=1S/C22H31N7O2/c1-3-23-22(28-12-10-27(11-13-28)21(30)19-5-4-14-31-19)26-16-18-6-7-20(25-15-18)29-9-8-24-17(29)2/h6-9,15,19H,3-5,10-14,16H2,1-2H3,(H,23,26). The minimum atomic E-state index is -0.241. The van der Waals surface area contributed by atoms with E-state index in [2.05, 4.69) is 27.1 Å². The fraction of sp³-hybridized carbons (Fsp3) is 0.545. The van der Waals surface area contributed by atoms with Crippen molar-refractivity contribution in [3.63, 3.8) is 0 Å². The number of nitrogens with one attached hydrogen (secondary N) is 1. The predicted molar refractivity (Wildman–Crippen MR) is 118 cm³/mol. The Morgan fingerprint density at radius 2 is 2.03 bits per heavy atom. The lowest BCUT2D eigenvalue weighted by Gasteiger charge is -2.37. The number of amides is 1. The van der Waals surface area contributed by atoms with Crippen LogP contribution in [0.2, 0.25) is 0 Å². The van der Waals surface area contributed by atoms with Crippen LogP contribution in [0.25, 0.3) is 5.82 Å². The molecule has 0 bridgehead atoms. The van der Waals surface area contributed by atoms with Gasteiger partial charge in [0.15, 0.2) is 5.96 Å². The van der Waals surface area contributed by atoms with E-state index in [0.717, 1.165) is 55.6 Å². The van der Waals surface area contributed by atoms with Crippen LogP contribution in [0.4, 0.5) is 0 Å². The van der Waals surface area contributed by atoms with Crippen LogP contribution in [0.5, 0.6) is 0 Å². The van der Waals surface area contributed by atoms with Gasteiger partial charge in [-0.15, -0.1) is 0 Å². The zero-order valence-corrected chi connectivity index (χ0v) is 18.3. The molecule has 9 nitrogen and oxygen atoms in total. The van der Waals surface area contributed by atoms with Gasteiger partial charge < -0.3 is 19.9 Å². The number of hydrogen-bond donors (Lipinski definition) is 1. The molecule has 1 atom stereocenters. The Bertz CT molecular complexity index is 895. The van der Waals surface area contributed by atoms with Crippen molar-refractivity contribution in [2.45, 2.75) is 39.3 Å². The van der Waals surface area contributed by atoms with Crippen LogP contribution >= 0.6 is 0 Å². The van der Waals surface area contributed by atoms with Gasteiger partial charge in [-0.2, -0.15) is 0 Å². The summed E-state index contributed by atoms with van der Waals surface area (Å²) in [5.41, 5.74) is 1.05. The summed E-state index contributed by atoms with van der Waals surface area (Å²) in [6.45, 7) is 8.99. The number of hydrogen-bond acceptors (Lipinski definition) is 5. The number of carbonyl (C=O) groups excluding carboxylic acids is 1. The molecule has 2 aliphatic rings. The Kier molecular flexibility index (Phi) is 6.81. The highest BCUT2D eigenvalue weighted by molar-refractivity contribution is 5.82. The minimum absolute atomic E-state index is 0.137. The van der Waals surface area contributed by atoms with E-state index in [4.69, 9.17) is 9.73 Å². The van der Waals surface area contributed by atoms with Crippen LogP contribution < -0.4 is 5.32 Å². The number of aryl methyl sites for hydroxylation is 1. The summed E-state index contributed by atoms with van der Waals surface area (Å²) in [5.74, 6) is 2.77. The Balaban J connectivity index is 1.35. The number of piperazine rings is 1. The maximum atomic E-state index is 12.6. The van der Waals surface area contributed by atoms with Crippen molar-refractivity contribution < 1.29 is 9.53 Å². The molecule has 0 radical (unpaired) electrons. The maximum Gasteiger partial charge on any atom is 0.251 e. The van der Waals surface area contributed by atoms with Crippen molar-refractivity contribution in [2.75, 3.05) is 39.3 Å². The second-order valence-electron chi connectivity index (χ2n) is 7.85. The lowest BCUT2D eigenvalue weighted by Crippen LogP contribution is -2.55. The van der Waals surface area contributed by atoms with E-state index in [1.807, 2.05) is 40.9 Å². The number of guanidine groups is 1. The molecule has 9 heteroatoms. The third kappa shape index (κ3) is 5.04. The predicted octanol–water partition coefficient (Wildman–Crippen LogP) is 1.36. The van der Waals surface area contributed by atoms with Gasteiger partial charge in [-0.1, -0.05) is 6.07 Å². The van der Waals surface area contributed by atoms with E-state index >= 15 is 0 Å². The van der Waals surface area contributed by atoms with E-state index in [1.54, 1.807) is 6.20 Å². The van der Waals surface area contributed by atoms with Crippen molar-refractivity contribution >= 4 is 11.9 Å². The summed E-state index contributed by atoms with van der Waals surface area (Å²) < 4.78 is 7.51. The molecule has 1 N–H and O–H groups in total. The molecule has 1 unspecified atom stereocenters. The average Bonchev–Trinajstić information content (AvgIpc) is 3.49. The van der Waals surface area contributed by atoms with Gasteiger partial charge in [-0.25, -0.2) is 15.0 Å². The normalized spacial score (nSPS) is 19.7. The molecule has 2 saturated heterocycles. The lowest BCUT2D eigenvalue weighted by atomic mass is 10.2. The van der Waals surface area contributed by atoms with Crippen LogP contribution in [0.15, 0.2) is 35.7 Å². The topological polar surface area (TPSA) is 87.9 Å². The van der Waals surface area contributed by atoms with Crippen LogP contribution in [0.1, 0.15) is 31.2 Å². The molecule has 2 aromatic heterocycles. The average molecular weight is 426 g/mol. The number of aliphatic imine (C=N–C) groups is 1. The maximum absolute atomic E-state index is 12.6. The number of nitrogens with zero attached hydrogens (tertiary/aromatic N) is 6. The number of rotatable bonds is 5. The summed E-state index contributed by atoms with van der Waals surface area (Å²) >= 11 is 0. The van der Waals surface area contributed by atoms with E-state index in [9.17, 15) is 4.79 Å². The second kappa shape index (κ2) is 9.91. The first-order chi connectivity index (χ1) is 15.2. The van der Waals surface area contributed by atoms with Crippen LogP contribution in [-0.4, -0.2) is 81.6 Å². The highest BCUT2D eigenvalue weighted by atomic mass is 16.5. The zero-order valence-electron chi connectivity index (χ0n) is 18.3. The van der Waals surface area contributed by atoms with E-state index < -0.39 is 0 Å². The van der Waals surface area contributed by atoms with E-state index in [1.165, 1.54) is 0 Å². The first-order valence-electron chi connectivity index (χ1n) is 11.0. The molecule has 2 fully saturated rings. The molecular weight excluding hydrogens is 394 g/mol. The molecule has 0 aliphatic carbocycles. The first kappa shape index (κ1) is 21.3. The molecule has 2 aliphatic heterocycles. The Morgan fingerprint density at radius 1 is 1.23 bits per heavy atom. The van der Waals surface area contributed by atoms with Gasteiger partial charge in [0.05, 0.1) is 6.54 Å². The van der Waals surface area contributed by atoms with Crippen molar-refractivity contribution in [1.82, 2.24) is 29.7 Å². The van der Waals surface area contributed by atoms with Crippen LogP contribution in [0, 0.1) is 6.92 Å². The molecule has 2 aromatic rings. The third-order valence-corrected chi connectivity index (χ3v) is 5.72. The van der Waals surface area contributed by atoms with Gasteiger partial charge in [0.2, 0.25) is 0 Å². The molecule has 4 rings (SSSR count). The summed E-state index contributed by atoms with van der Waals surface area (Å²) in [6.07, 6.45) is 7.12. The summed E-state index contributed by atoms with van der Waals surface area (Å²) in [5, 5.41) is 3.38. The van der Waals surface area contributed by atoms with Crippen molar-refractivity contribution in [3.05, 3.63) is 42.1 Å². The smallest absolute Gasteiger partial charge is 0.251 e. The fourth-order valence-electron chi connectivity index (χ4n) is 3.98. The molecule has 0 saturated carbocycles. The molecule has 31 heavy (non-hydrogen) atoms. The molecule has 4 heterocycles. The Morgan fingerprint density at radius 3 is 2.65 bits per heavy atom. The van der Waals surface area contributed by atoms with Gasteiger partial charge in [-0.3, -0.25) is 9.36 Å². The van der Waals surface area contributed by atoms with E-state index in [-0.39, 0.29) is 12.0 Å². The van der Waals surface area contributed by atoms with Gasteiger partial charge in [0.25, 0.3) is 5.91 Å². The van der Waals surface area contributed by atoms with Gasteiger partial charge in [0, 0.05) is 57.9 Å². The lowest BCUT2D eigenvalue weighted by molar-refractivity contribution is -0.142. The number of pyridine rings is 1. The Hall–Kier alpha value is -2.94. The largest absolute Gasteiger partial charge is 0.368 e. The number of aromatic nitrogens is 3. The van der Waals surface area contributed by atoms with Crippen LogP contribution in [0.3, 0.4) is 0 Å². The highest BCUT2D eigenvalue weighted by Crippen LogP contribution is 2.16. The molecule has 1 amide bonds. The molecule has 0 aromatic carbocycles. The van der Waals surface area contributed by atoms with Gasteiger partial charge >= 0.3 is 0 Å². The van der Waals surface area contributed by atoms with Gasteiger partial charge in [0.1, 0.15) is 17.7 Å². The second-order valence-corrected chi connectivity index (χ2v) is 7.85. The van der Waals surface area contributed by atoms with Crippen molar-refractivity contribution in [2.24, 2.45) is 4.99 Å². The summed E-state index contributed by atoms with van der Waals surface area (Å²) in [6, 6.07) is 4.04. The monoisotopic (exact) mass is 425 g/mol. The zero-order chi connectivity index (χ0) is 21.6. The number of ether oxygens (including phenoxy) is 1. The summed E-state index contributed by atoms with van der Waals surface area (Å²) in [4.78, 5) is 30.3. The Labute approximate surface area is 183 Å². The number of carbonyl (C=O) groups is 1. The quantitative estimate of drug-likeness (QED) is 0.575. The number of imidazole rings is 1. The van der Waals surface area contributed by atoms with Crippen molar-refractivity contribution in [1.29, 1.82) is 0 Å². The molecule has 166 valence electrons. The SMILES string of the molecule is CCNC(=NCc1ccc(-n2ccnc2C)nc1)N1CCN(C(=O)C2CCCO2)CC1. The van der Waals surface area contributed by atoms with E-state index in [0.29, 0.717) is 26.2 Å².